The lowest BCUT2D eigenvalue weighted by atomic mass is 10.2. The number of aliphatic imine (C=N–C) groups is 1. The molecule has 0 aliphatic heterocycles. The van der Waals surface area contributed by atoms with E-state index in [1.54, 1.807) is 0 Å². The van der Waals surface area contributed by atoms with Crippen LogP contribution in [0.15, 0.2) is 17.1 Å². The zero-order chi connectivity index (χ0) is 10.9. The number of alkyl halides is 1. The molecule has 0 saturated heterocycles. The van der Waals surface area contributed by atoms with E-state index in [9.17, 15) is 4.39 Å². The lowest BCUT2D eigenvalue weighted by Crippen LogP contribution is -2.42. The van der Waals surface area contributed by atoms with Gasteiger partial charge in [-0.25, -0.2) is 0 Å². The minimum atomic E-state index is -0.298. The molecule has 0 bridgehead atoms. The van der Waals surface area contributed by atoms with E-state index in [0.29, 0.717) is 19.0 Å². The Morgan fingerprint density at radius 2 is 2.12 bits per heavy atom. The van der Waals surface area contributed by atoms with Crippen molar-refractivity contribution in [2.45, 2.75) is 32.2 Å². The Balaban J connectivity index is 0.00000225. The van der Waals surface area contributed by atoms with E-state index in [-0.39, 0.29) is 30.7 Å². The first-order valence-corrected chi connectivity index (χ1v) is 5.62. The minimum Gasteiger partial charge on any atom is -0.357 e. The number of hydrogen-bond donors (Lipinski definition) is 2. The van der Waals surface area contributed by atoms with Gasteiger partial charge >= 0.3 is 0 Å². The molecule has 2 N–H and O–H groups in total. The molecular formula is C11H21FIN3. The maximum absolute atomic E-state index is 11.9. The van der Waals surface area contributed by atoms with E-state index < -0.39 is 0 Å². The van der Waals surface area contributed by atoms with Crippen molar-refractivity contribution in [1.29, 1.82) is 0 Å². The van der Waals surface area contributed by atoms with Gasteiger partial charge in [0, 0.05) is 19.1 Å². The van der Waals surface area contributed by atoms with Crippen LogP contribution in [0.5, 0.6) is 0 Å². The van der Waals surface area contributed by atoms with Crippen molar-refractivity contribution in [2.75, 3.05) is 19.8 Å². The van der Waals surface area contributed by atoms with Gasteiger partial charge in [0.2, 0.25) is 0 Å². The third-order valence-corrected chi connectivity index (χ3v) is 2.25. The summed E-state index contributed by atoms with van der Waals surface area (Å²) in [5.74, 6) is 0.805. The summed E-state index contributed by atoms with van der Waals surface area (Å²) in [6.07, 6.45) is 6.94. The summed E-state index contributed by atoms with van der Waals surface area (Å²) in [4.78, 5) is 4.29. The maximum atomic E-state index is 11.9. The van der Waals surface area contributed by atoms with E-state index in [4.69, 9.17) is 0 Å². The molecular weight excluding hydrogens is 320 g/mol. The molecule has 0 aromatic rings. The van der Waals surface area contributed by atoms with Crippen molar-refractivity contribution >= 4 is 29.9 Å². The number of hydrogen-bond acceptors (Lipinski definition) is 1. The first-order valence-electron chi connectivity index (χ1n) is 5.62. The zero-order valence-corrected chi connectivity index (χ0v) is 12.0. The van der Waals surface area contributed by atoms with Crippen molar-refractivity contribution in [3.05, 3.63) is 12.2 Å². The molecule has 16 heavy (non-hydrogen) atoms. The fourth-order valence-electron chi connectivity index (χ4n) is 1.50. The summed E-state index contributed by atoms with van der Waals surface area (Å²) in [5, 5.41) is 6.49. The quantitative estimate of drug-likeness (QED) is 0.265. The fourth-order valence-corrected chi connectivity index (χ4v) is 1.50. The van der Waals surface area contributed by atoms with Crippen LogP contribution in [0.25, 0.3) is 0 Å². The normalized spacial score (nSPS) is 16.0. The summed E-state index contributed by atoms with van der Waals surface area (Å²) >= 11 is 0. The molecule has 0 aromatic carbocycles. The lowest BCUT2D eigenvalue weighted by molar-refractivity contribution is 0.477. The summed E-state index contributed by atoms with van der Waals surface area (Å²) in [6, 6.07) is 0.452. The Kier molecular flexibility index (Phi) is 9.66. The third kappa shape index (κ3) is 6.30. The number of guanidine groups is 1. The van der Waals surface area contributed by atoms with E-state index in [0.717, 1.165) is 25.3 Å². The molecule has 0 atom stereocenters. The lowest BCUT2D eigenvalue weighted by Gasteiger charge is -2.16. The molecule has 0 heterocycles. The third-order valence-electron chi connectivity index (χ3n) is 2.25. The van der Waals surface area contributed by atoms with Crippen LogP contribution in [0.4, 0.5) is 4.39 Å². The number of nitrogens with one attached hydrogen (secondary N) is 2. The van der Waals surface area contributed by atoms with Gasteiger partial charge in [0.05, 0.1) is 6.67 Å². The highest BCUT2D eigenvalue weighted by Crippen LogP contribution is 2.08. The van der Waals surface area contributed by atoms with Crippen molar-refractivity contribution in [1.82, 2.24) is 10.6 Å². The highest BCUT2D eigenvalue weighted by atomic mass is 127. The molecule has 1 aliphatic carbocycles. The number of nitrogens with zero attached hydrogens (tertiary/aromatic N) is 1. The standard InChI is InChI=1S/C11H20FN3.HI/c1-2-13-11(14-9-5-8-12)15-10-6-3-4-7-10;/h3-4,10H,2,5-9H2,1H3,(H2,13,14,15);1H. The van der Waals surface area contributed by atoms with Crippen LogP contribution in [-0.2, 0) is 0 Å². The largest absolute Gasteiger partial charge is 0.357 e. The second-order valence-corrected chi connectivity index (χ2v) is 3.59. The number of halogens is 2. The predicted octanol–water partition coefficient (Wildman–Crippen LogP) is 2.24. The molecule has 3 nitrogen and oxygen atoms in total. The second-order valence-electron chi connectivity index (χ2n) is 3.59. The molecule has 5 heteroatoms. The highest BCUT2D eigenvalue weighted by molar-refractivity contribution is 14.0. The van der Waals surface area contributed by atoms with Gasteiger partial charge in [0.1, 0.15) is 0 Å². The molecule has 0 radical (unpaired) electrons. The van der Waals surface area contributed by atoms with E-state index in [1.807, 2.05) is 6.92 Å². The molecule has 0 unspecified atom stereocenters. The van der Waals surface area contributed by atoms with Gasteiger partial charge in [-0.05, 0) is 26.2 Å². The van der Waals surface area contributed by atoms with Crippen LogP contribution in [0.1, 0.15) is 26.2 Å². The van der Waals surface area contributed by atoms with Crippen molar-refractivity contribution < 1.29 is 4.39 Å². The van der Waals surface area contributed by atoms with Gasteiger partial charge in [0.25, 0.3) is 0 Å². The van der Waals surface area contributed by atoms with Gasteiger partial charge < -0.3 is 10.6 Å². The first kappa shape index (κ1) is 15.7. The maximum Gasteiger partial charge on any atom is 0.191 e. The summed E-state index contributed by atoms with van der Waals surface area (Å²) in [7, 11) is 0. The highest BCUT2D eigenvalue weighted by Gasteiger charge is 2.10. The van der Waals surface area contributed by atoms with Gasteiger partial charge in [-0.3, -0.25) is 9.38 Å². The van der Waals surface area contributed by atoms with Crippen LogP contribution in [0.3, 0.4) is 0 Å². The first-order chi connectivity index (χ1) is 7.36. The van der Waals surface area contributed by atoms with E-state index >= 15 is 0 Å². The summed E-state index contributed by atoms with van der Waals surface area (Å²) < 4.78 is 11.9. The molecule has 0 amide bonds. The zero-order valence-electron chi connectivity index (χ0n) is 9.71. The second kappa shape index (κ2) is 9.86. The van der Waals surface area contributed by atoms with Crippen LogP contribution >= 0.6 is 24.0 Å². The van der Waals surface area contributed by atoms with Gasteiger partial charge in [-0.1, -0.05) is 12.2 Å². The van der Waals surface area contributed by atoms with Gasteiger partial charge in [-0.15, -0.1) is 24.0 Å². The van der Waals surface area contributed by atoms with Gasteiger partial charge in [0.15, 0.2) is 5.96 Å². The van der Waals surface area contributed by atoms with Crippen molar-refractivity contribution in [3.8, 4) is 0 Å². The molecule has 0 aromatic heterocycles. The minimum absolute atomic E-state index is 0. The Hall–Kier alpha value is -0.330. The monoisotopic (exact) mass is 341 g/mol. The Labute approximate surface area is 114 Å². The summed E-state index contributed by atoms with van der Waals surface area (Å²) in [5.41, 5.74) is 0. The molecule has 1 aliphatic rings. The van der Waals surface area contributed by atoms with Crippen molar-refractivity contribution in [3.63, 3.8) is 0 Å². The average molecular weight is 341 g/mol. The fraction of sp³-hybridized carbons (Fsp3) is 0.727. The Bertz CT molecular complexity index is 223. The molecule has 0 fully saturated rings. The van der Waals surface area contributed by atoms with Crippen LogP contribution in [0, 0.1) is 0 Å². The van der Waals surface area contributed by atoms with Crippen LogP contribution in [-0.4, -0.2) is 31.8 Å². The van der Waals surface area contributed by atoms with Crippen LogP contribution in [0.2, 0.25) is 0 Å². The predicted molar refractivity (Wildman–Crippen MR) is 77.3 cm³/mol. The topological polar surface area (TPSA) is 36.4 Å². The molecule has 0 spiro atoms. The SMILES string of the molecule is CCNC(=NCCCF)NC1CC=CC1.I. The Morgan fingerprint density at radius 1 is 1.44 bits per heavy atom. The van der Waals surface area contributed by atoms with Crippen LogP contribution < -0.4 is 10.6 Å². The molecule has 0 saturated carbocycles. The van der Waals surface area contributed by atoms with Crippen molar-refractivity contribution in [2.24, 2.45) is 4.99 Å². The average Bonchev–Trinajstić information content (AvgIpc) is 2.71. The molecule has 1 rings (SSSR count). The molecule has 94 valence electrons. The number of rotatable bonds is 5. The van der Waals surface area contributed by atoms with E-state index in [1.165, 1.54) is 0 Å². The summed E-state index contributed by atoms with van der Waals surface area (Å²) in [6.45, 7) is 3.11. The van der Waals surface area contributed by atoms with E-state index in [2.05, 4.69) is 27.8 Å². The smallest absolute Gasteiger partial charge is 0.191 e. The van der Waals surface area contributed by atoms with Gasteiger partial charge in [-0.2, -0.15) is 0 Å². The Morgan fingerprint density at radius 3 is 2.69 bits per heavy atom.